The highest BCUT2D eigenvalue weighted by Crippen LogP contribution is 2.37. The number of thiocarbonyl (C=S) groups is 1. The Kier molecular flexibility index (Phi) is 6.83. The van der Waals surface area contributed by atoms with Crippen molar-refractivity contribution in [2.45, 2.75) is 19.8 Å². The molecule has 0 unspecified atom stereocenters. The Hall–Kier alpha value is -2.06. The number of carboxylic acids is 1. The Bertz CT molecular complexity index is 717. The summed E-state index contributed by atoms with van der Waals surface area (Å²) in [5, 5.41) is 8.71. The summed E-state index contributed by atoms with van der Waals surface area (Å²) in [7, 11) is 1.55. The molecule has 1 saturated heterocycles. The van der Waals surface area contributed by atoms with Crippen molar-refractivity contribution in [1.29, 1.82) is 0 Å². The number of amides is 1. The molecule has 0 spiro atoms. The lowest BCUT2D eigenvalue weighted by atomic mass is 10.1. The number of carboxylic acid groups (broad SMARTS) is 1. The standard InChI is InChI=1S/C17H19NO5S2/c1-3-23-12-7-4-6-11(15(12)22-2)10-13-16(21)18(17(24)25-13)9-5-8-14(19)20/h4,6-7,10H,3,5,8-9H2,1-2H3,(H,19,20)/b13-10-. The van der Waals surface area contributed by atoms with Crippen LogP contribution in [-0.2, 0) is 9.59 Å². The highest BCUT2D eigenvalue weighted by molar-refractivity contribution is 8.26. The third-order valence-electron chi connectivity index (χ3n) is 3.45. The van der Waals surface area contributed by atoms with E-state index in [0.29, 0.717) is 40.3 Å². The van der Waals surface area contributed by atoms with E-state index in [1.807, 2.05) is 19.1 Å². The van der Waals surface area contributed by atoms with Gasteiger partial charge in [0.2, 0.25) is 0 Å². The fraction of sp³-hybridized carbons (Fsp3) is 0.353. The number of methoxy groups -OCH3 is 1. The molecule has 134 valence electrons. The molecule has 0 aliphatic carbocycles. The minimum Gasteiger partial charge on any atom is -0.492 e. The van der Waals surface area contributed by atoms with Crippen molar-refractivity contribution >= 4 is 46.3 Å². The number of benzene rings is 1. The van der Waals surface area contributed by atoms with Crippen molar-refractivity contribution in [2.75, 3.05) is 20.3 Å². The molecule has 0 saturated carbocycles. The molecular weight excluding hydrogens is 362 g/mol. The van der Waals surface area contributed by atoms with E-state index in [0.717, 1.165) is 5.56 Å². The molecule has 0 atom stereocenters. The zero-order valence-corrected chi connectivity index (χ0v) is 15.6. The minimum atomic E-state index is -0.890. The second-order valence-electron chi connectivity index (χ2n) is 5.14. The Morgan fingerprint density at radius 1 is 1.44 bits per heavy atom. The Balaban J connectivity index is 2.21. The topological polar surface area (TPSA) is 76.1 Å². The summed E-state index contributed by atoms with van der Waals surface area (Å²) in [6, 6.07) is 5.46. The number of nitrogens with zero attached hydrogens (tertiary/aromatic N) is 1. The van der Waals surface area contributed by atoms with Gasteiger partial charge in [0.25, 0.3) is 5.91 Å². The van der Waals surface area contributed by atoms with E-state index < -0.39 is 5.97 Å². The van der Waals surface area contributed by atoms with Crippen LogP contribution in [0.15, 0.2) is 23.1 Å². The quantitative estimate of drug-likeness (QED) is 0.547. The van der Waals surface area contributed by atoms with Gasteiger partial charge in [-0.1, -0.05) is 36.1 Å². The summed E-state index contributed by atoms with van der Waals surface area (Å²) in [4.78, 5) is 25.1. The van der Waals surface area contributed by atoms with E-state index >= 15 is 0 Å². The van der Waals surface area contributed by atoms with Crippen LogP contribution in [0.25, 0.3) is 6.08 Å². The molecule has 1 aromatic carbocycles. The van der Waals surface area contributed by atoms with Gasteiger partial charge in [0.15, 0.2) is 11.5 Å². The molecule has 2 rings (SSSR count). The van der Waals surface area contributed by atoms with Crippen LogP contribution in [0.1, 0.15) is 25.3 Å². The molecule has 0 radical (unpaired) electrons. The molecule has 0 aromatic heterocycles. The smallest absolute Gasteiger partial charge is 0.303 e. The molecule has 1 heterocycles. The monoisotopic (exact) mass is 381 g/mol. The molecular formula is C17H19NO5S2. The zero-order chi connectivity index (χ0) is 18.4. The normalized spacial score (nSPS) is 15.8. The molecule has 8 heteroatoms. The number of aliphatic carboxylic acids is 1. The lowest BCUT2D eigenvalue weighted by Crippen LogP contribution is -2.29. The summed E-state index contributed by atoms with van der Waals surface area (Å²) < 4.78 is 11.4. The number of carbonyl (C=O) groups is 2. The van der Waals surface area contributed by atoms with Gasteiger partial charge in [0.05, 0.1) is 18.6 Å². The summed E-state index contributed by atoms with van der Waals surface area (Å²) in [5.41, 5.74) is 0.722. The molecule has 25 heavy (non-hydrogen) atoms. The van der Waals surface area contributed by atoms with Gasteiger partial charge in [-0.25, -0.2) is 0 Å². The van der Waals surface area contributed by atoms with E-state index in [1.54, 1.807) is 19.3 Å². The number of ether oxygens (including phenoxy) is 2. The molecule has 1 N–H and O–H groups in total. The average Bonchev–Trinajstić information content (AvgIpc) is 2.82. The molecule has 1 fully saturated rings. The molecule has 1 aliphatic heterocycles. The van der Waals surface area contributed by atoms with Crippen molar-refractivity contribution in [1.82, 2.24) is 4.90 Å². The zero-order valence-electron chi connectivity index (χ0n) is 14.0. The third-order valence-corrected chi connectivity index (χ3v) is 4.82. The fourth-order valence-electron chi connectivity index (χ4n) is 2.36. The van der Waals surface area contributed by atoms with Gasteiger partial charge in [-0.3, -0.25) is 14.5 Å². The summed E-state index contributed by atoms with van der Waals surface area (Å²) in [6.07, 6.45) is 2.08. The molecule has 1 aromatic rings. The van der Waals surface area contributed by atoms with Crippen LogP contribution in [0.3, 0.4) is 0 Å². The van der Waals surface area contributed by atoms with Gasteiger partial charge in [0, 0.05) is 18.5 Å². The van der Waals surface area contributed by atoms with Crippen LogP contribution in [-0.4, -0.2) is 46.5 Å². The first-order valence-corrected chi connectivity index (χ1v) is 8.97. The lowest BCUT2D eigenvalue weighted by molar-refractivity contribution is -0.137. The SMILES string of the molecule is CCOc1cccc(/C=C2\SC(=S)N(CCCC(=O)O)C2=O)c1OC. The minimum absolute atomic E-state index is 0.000330. The maximum Gasteiger partial charge on any atom is 0.303 e. The Morgan fingerprint density at radius 3 is 2.84 bits per heavy atom. The van der Waals surface area contributed by atoms with Gasteiger partial charge in [-0.05, 0) is 25.5 Å². The third kappa shape index (κ3) is 4.73. The van der Waals surface area contributed by atoms with Crippen LogP contribution >= 0.6 is 24.0 Å². The number of hydrogen-bond donors (Lipinski definition) is 1. The highest BCUT2D eigenvalue weighted by Gasteiger charge is 2.32. The summed E-state index contributed by atoms with van der Waals surface area (Å²) >= 11 is 6.44. The first-order chi connectivity index (χ1) is 12.0. The maximum atomic E-state index is 12.5. The van der Waals surface area contributed by atoms with Gasteiger partial charge in [0.1, 0.15) is 4.32 Å². The van der Waals surface area contributed by atoms with Gasteiger partial charge < -0.3 is 14.6 Å². The first-order valence-electron chi connectivity index (χ1n) is 7.74. The predicted octanol–water partition coefficient (Wildman–Crippen LogP) is 3.16. The van der Waals surface area contributed by atoms with Crippen molar-refractivity contribution in [3.63, 3.8) is 0 Å². The molecule has 6 nitrogen and oxygen atoms in total. The van der Waals surface area contributed by atoms with Crippen LogP contribution < -0.4 is 9.47 Å². The second kappa shape index (κ2) is 8.87. The van der Waals surface area contributed by atoms with Crippen LogP contribution in [0.5, 0.6) is 11.5 Å². The molecule has 1 amide bonds. The second-order valence-corrected chi connectivity index (χ2v) is 6.82. The van der Waals surface area contributed by atoms with E-state index in [9.17, 15) is 9.59 Å². The first kappa shape index (κ1) is 19.3. The largest absolute Gasteiger partial charge is 0.492 e. The van der Waals surface area contributed by atoms with Crippen LogP contribution in [0.2, 0.25) is 0 Å². The van der Waals surface area contributed by atoms with E-state index in [2.05, 4.69) is 0 Å². The molecule has 0 bridgehead atoms. The van der Waals surface area contributed by atoms with E-state index in [-0.39, 0.29) is 12.3 Å². The highest BCUT2D eigenvalue weighted by atomic mass is 32.2. The number of hydrogen-bond acceptors (Lipinski definition) is 6. The average molecular weight is 381 g/mol. The number of carbonyl (C=O) groups excluding carboxylic acids is 1. The van der Waals surface area contributed by atoms with Crippen molar-refractivity contribution in [3.05, 3.63) is 28.7 Å². The summed E-state index contributed by atoms with van der Waals surface area (Å²) in [5.74, 6) is 0.0545. The number of para-hydroxylation sites is 1. The van der Waals surface area contributed by atoms with Crippen molar-refractivity contribution in [3.8, 4) is 11.5 Å². The van der Waals surface area contributed by atoms with Crippen molar-refractivity contribution in [2.24, 2.45) is 0 Å². The number of thioether (sulfide) groups is 1. The summed E-state index contributed by atoms with van der Waals surface area (Å²) in [6.45, 7) is 2.68. The van der Waals surface area contributed by atoms with E-state index in [1.165, 1.54) is 16.7 Å². The lowest BCUT2D eigenvalue weighted by Gasteiger charge is -2.13. The van der Waals surface area contributed by atoms with Gasteiger partial charge >= 0.3 is 5.97 Å². The predicted molar refractivity (Wildman–Crippen MR) is 101 cm³/mol. The Morgan fingerprint density at radius 2 is 2.20 bits per heavy atom. The van der Waals surface area contributed by atoms with Crippen molar-refractivity contribution < 1.29 is 24.2 Å². The van der Waals surface area contributed by atoms with E-state index in [4.69, 9.17) is 26.8 Å². The maximum absolute atomic E-state index is 12.5. The van der Waals surface area contributed by atoms with Gasteiger partial charge in [-0.15, -0.1) is 0 Å². The Labute approximate surface area is 155 Å². The van der Waals surface area contributed by atoms with Crippen LogP contribution in [0, 0.1) is 0 Å². The van der Waals surface area contributed by atoms with Gasteiger partial charge in [-0.2, -0.15) is 0 Å². The molecule has 1 aliphatic rings. The van der Waals surface area contributed by atoms with Crippen LogP contribution in [0.4, 0.5) is 0 Å². The number of rotatable bonds is 8. The fourth-order valence-corrected chi connectivity index (χ4v) is 3.66.